The summed E-state index contributed by atoms with van der Waals surface area (Å²) in [6.45, 7) is 2.47. The van der Waals surface area contributed by atoms with Gasteiger partial charge in [-0.3, -0.25) is 13.8 Å². The molecule has 0 atom stereocenters. The maximum atomic E-state index is 13.8. The molecule has 8 heteroatoms. The van der Waals surface area contributed by atoms with E-state index in [-0.39, 0.29) is 5.56 Å². The monoisotopic (exact) mass is 402 g/mol. The number of nitrogens with zero attached hydrogens (tertiary/aromatic N) is 4. The molecule has 27 heavy (non-hydrogen) atoms. The first kappa shape index (κ1) is 18.0. The number of thioether (sulfide) groups is 1. The number of rotatable bonds is 5. The zero-order chi connectivity index (χ0) is 19.0. The van der Waals surface area contributed by atoms with Gasteiger partial charge < -0.3 is 0 Å². The fraction of sp³-hybridized carbons (Fsp3) is 0.211. The molecule has 0 aliphatic carbocycles. The lowest BCUT2D eigenvalue weighted by Crippen LogP contribution is -2.23. The summed E-state index contributed by atoms with van der Waals surface area (Å²) in [6, 6.07) is 11.8. The second kappa shape index (κ2) is 7.32. The van der Waals surface area contributed by atoms with Crippen molar-refractivity contribution in [3.63, 3.8) is 0 Å². The highest BCUT2D eigenvalue weighted by atomic mass is 35.5. The van der Waals surface area contributed by atoms with Gasteiger partial charge in [0.15, 0.2) is 5.16 Å². The van der Waals surface area contributed by atoms with Gasteiger partial charge in [-0.2, -0.15) is 0 Å². The number of fused-ring (bicyclic) bond motifs is 3. The molecular formula is C19H16ClFN4OS. The molecule has 2 aromatic carbocycles. The second-order valence-electron chi connectivity index (χ2n) is 6.15. The summed E-state index contributed by atoms with van der Waals surface area (Å²) >= 11 is 7.44. The van der Waals surface area contributed by atoms with Crippen molar-refractivity contribution in [3.8, 4) is 0 Å². The molecule has 2 aromatic heterocycles. The number of hydrogen-bond acceptors (Lipinski definition) is 4. The molecule has 0 unspecified atom stereocenters. The van der Waals surface area contributed by atoms with Crippen molar-refractivity contribution in [1.29, 1.82) is 0 Å². The van der Waals surface area contributed by atoms with Crippen LogP contribution in [0.25, 0.3) is 16.7 Å². The Kier molecular flexibility index (Phi) is 4.88. The predicted molar refractivity (Wildman–Crippen MR) is 106 cm³/mol. The van der Waals surface area contributed by atoms with E-state index in [1.54, 1.807) is 10.6 Å². The highest BCUT2D eigenvalue weighted by Gasteiger charge is 2.17. The van der Waals surface area contributed by atoms with E-state index in [0.29, 0.717) is 39.2 Å². The summed E-state index contributed by atoms with van der Waals surface area (Å²) in [5.41, 5.74) is 1.45. The Morgan fingerprint density at radius 3 is 2.67 bits per heavy atom. The van der Waals surface area contributed by atoms with E-state index in [2.05, 4.69) is 10.2 Å². The van der Waals surface area contributed by atoms with E-state index in [1.165, 1.54) is 23.9 Å². The molecule has 4 rings (SSSR count). The average molecular weight is 403 g/mol. The number of benzene rings is 2. The predicted octanol–water partition coefficient (Wildman–Crippen LogP) is 4.54. The second-order valence-corrected chi connectivity index (χ2v) is 7.53. The summed E-state index contributed by atoms with van der Waals surface area (Å²) in [5, 5.41) is 10.2. The Bertz CT molecular complexity index is 1190. The van der Waals surface area contributed by atoms with Crippen molar-refractivity contribution in [2.75, 3.05) is 0 Å². The standard InChI is InChI=1S/C19H16ClFN4OS/c1-2-9-24-17(26)15-10-14(21)7-8-16(15)25-18(24)22-23-19(25)27-11-12-3-5-13(20)6-4-12/h3-8,10H,2,9,11H2,1H3. The minimum atomic E-state index is -0.439. The summed E-state index contributed by atoms with van der Waals surface area (Å²) in [5.74, 6) is 0.707. The molecule has 5 nitrogen and oxygen atoms in total. The zero-order valence-corrected chi connectivity index (χ0v) is 16.1. The van der Waals surface area contributed by atoms with E-state index in [9.17, 15) is 9.18 Å². The first-order valence-electron chi connectivity index (χ1n) is 8.53. The summed E-state index contributed by atoms with van der Waals surface area (Å²) in [7, 11) is 0. The van der Waals surface area contributed by atoms with Gasteiger partial charge in [-0.05, 0) is 42.3 Å². The fourth-order valence-electron chi connectivity index (χ4n) is 3.01. The van der Waals surface area contributed by atoms with Gasteiger partial charge in [0.05, 0.1) is 10.9 Å². The van der Waals surface area contributed by atoms with Gasteiger partial charge in [0.1, 0.15) is 5.82 Å². The molecule has 0 spiro atoms. The van der Waals surface area contributed by atoms with Gasteiger partial charge in [0, 0.05) is 17.3 Å². The third kappa shape index (κ3) is 3.33. The molecule has 0 saturated carbocycles. The summed E-state index contributed by atoms with van der Waals surface area (Å²) in [4.78, 5) is 12.8. The molecule has 0 bridgehead atoms. The van der Waals surface area contributed by atoms with Crippen LogP contribution in [0.2, 0.25) is 5.02 Å². The molecular weight excluding hydrogens is 387 g/mol. The zero-order valence-electron chi connectivity index (χ0n) is 14.5. The van der Waals surface area contributed by atoms with Crippen LogP contribution in [0.4, 0.5) is 4.39 Å². The van der Waals surface area contributed by atoms with E-state index < -0.39 is 5.82 Å². The molecule has 4 aromatic rings. The summed E-state index contributed by atoms with van der Waals surface area (Å²) in [6.07, 6.45) is 0.760. The largest absolute Gasteiger partial charge is 0.276 e. The molecule has 0 radical (unpaired) electrons. The van der Waals surface area contributed by atoms with E-state index >= 15 is 0 Å². The van der Waals surface area contributed by atoms with Crippen molar-refractivity contribution < 1.29 is 4.39 Å². The smallest absolute Gasteiger partial charge is 0.262 e. The minimum Gasteiger partial charge on any atom is -0.276 e. The minimum absolute atomic E-state index is 0.250. The Morgan fingerprint density at radius 1 is 1.15 bits per heavy atom. The lowest BCUT2D eigenvalue weighted by Gasteiger charge is -2.10. The number of aromatic nitrogens is 4. The van der Waals surface area contributed by atoms with Crippen LogP contribution in [0.1, 0.15) is 18.9 Å². The average Bonchev–Trinajstić information content (AvgIpc) is 3.08. The van der Waals surface area contributed by atoms with Gasteiger partial charge in [0.2, 0.25) is 5.78 Å². The van der Waals surface area contributed by atoms with Gasteiger partial charge in [0.25, 0.3) is 5.56 Å². The quantitative estimate of drug-likeness (QED) is 0.460. The van der Waals surface area contributed by atoms with E-state index in [1.807, 2.05) is 35.6 Å². The van der Waals surface area contributed by atoms with Crippen molar-refractivity contribution in [3.05, 3.63) is 69.2 Å². The van der Waals surface area contributed by atoms with Crippen LogP contribution < -0.4 is 5.56 Å². The molecule has 0 aliphatic rings. The van der Waals surface area contributed by atoms with Gasteiger partial charge in [-0.25, -0.2) is 4.39 Å². The van der Waals surface area contributed by atoms with E-state index in [0.717, 1.165) is 12.0 Å². The molecule has 0 amide bonds. The van der Waals surface area contributed by atoms with Crippen LogP contribution >= 0.6 is 23.4 Å². The third-order valence-electron chi connectivity index (χ3n) is 4.26. The highest BCUT2D eigenvalue weighted by Crippen LogP contribution is 2.25. The van der Waals surface area contributed by atoms with Crippen LogP contribution in [-0.4, -0.2) is 19.2 Å². The lowest BCUT2D eigenvalue weighted by molar-refractivity contribution is 0.627. The number of halogens is 2. The van der Waals surface area contributed by atoms with Crippen LogP contribution in [0.5, 0.6) is 0 Å². The summed E-state index contributed by atoms with van der Waals surface area (Å²) < 4.78 is 17.1. The maximum absolute atomic E-state index is 13.8. The van der Waals surface area contributed by atoms with Crippen molar-refractivity contribution >= 4 is 40.0 Å². The van der Waals surface area contributed by atoms with Crippen molar-refractivity contribution in [2.45, 2.75) is 30.8 Å². The normalized spacial score (nSPS) is 11.5. The van der Waals surface area contributed by atoms with Crippen LogP contribution in [0, 0.1) is 5.82 Å². The molecule has 138 valence electrons. The third-order valence-corrected chi connectivity index (χ3v) is 5.51. The Hall–Kier alpha value is -2.38. The Balaban J connectivity index is 1.85. The van der Waals surface area contributed by atoms with Crippen LogP contribution in [0.3, 0.4) is 0 Å². The topological polar surface area (TPSA) is 52.2 Å². The van der Waals surface area contributed by atoms with Gasteiger partial charge in [-0.15, -0.1) is 10.2 Å². The Morgan fingerprint density at radius 2 is 1.93 bits per heavy atom. The molecule has 0 aliphatic heterocycles. The molecule has 0 N–H and O–H groups in total. The fourth-order valence-corrected chi connectivity index (χ4v) is 4.03. The first-order chi connectivity index (χ1) is 13.1. The van der Waals surface area contributed by atoms with Gasteiger partial charge in [-0.1, -0.05) is 42.4 Å². The number of hydrogen-bond donors (Lipinski definition) is 0. The number of aryl methyl sites for hydroxylation is 1. The highest BCUT2D eigenvalue weighted by molar-refractivity contribution is 7.98. The maximum Gasteiger partial charge on any atom is 0.262 e. The van der Waals surface area contributed by atoms with Gasteiger partial charge >= 0.3 is 0 Å². The van der Waals surface area contributed by atoms with Crippen molar-refractivity contribution in [1.82, 2.24) is 19.2 Å². The molecule has 0 saturated heterocycles. The van der Waals surface area contributed by atoms with Crippen molar-refractivity contribution in [2.24, 2.45) is 0 Å². The van der Waals surface area contributed by atoms with E-state index in [4.69, 9.17) is 11.6 Å². The van der Waals surface area contributed by atoms with Crippen LogP contribution in [-0.2, 0) is 12.3 Å². The first-order valence-corrected chi connectivity index (χ1v) is 9.89. The Labute approximate surface area is 163 Å². The van der Waals surface area contributed by atoms with Crippen LogP contribution in [0.15, 0.2) is 52.4 Å². The lowest BCUT2D eigenvalue weighted by atomic mass is 10.2. The molecule has 0 fully saturated rings. The molecule has 2 heterocycles. The SMILES string of the molecule is CCCn1c(=O)c2cc(F)ccc2n2c(SCc3ccc(Cl)cc3)nnc12.